The number of carbonyl (C=O) groups excluding carboxylic acids is 2. The van der Waals surface area contributed by atoms with Crippen LogP contribution in [0, 0.1) is 0 Å². The van der Waals surface area contributed by atoms with Crippen LogP contribution in [-0.2, 0) is 38.7 Å². The molecule has 0 aromatic carbocycles. The van der Waals surface area contributed by atoms with E-state index in [-0.39, 0.29) is 19.3 Å². The van der Waals surface area contributed by atoms with Gasteiger partial charge in [-0.05, 0) is 12.8 Å². The van der Waals surface area contributed by atoms with Crippen LogP contribution < -0.4 is 0 Å². The van der Waals surface area contributed by atoms with Crippen LogP contribution in [0.1, 0.15) is 19.3 Å². The predicted octanol–water partition coefficient (Wildman–Crippen LogP) is 1.42. The molecule has 2 aliphatic rings. The van der Waals surface area contributed by atoms with Gasteiger partial charge in [0, 0.05) is 6.42 Å². The third-order valence-corrected chi connectivity index (χ3v) is 5.00. The molecule has 1 aliphatic heterocycles. The molecular formula is C13H13F7O9S. The van der Waals surface area contributed by atoms with Crippen molar-refractivity contribution in [2.24, 2.45) is 0 Å². The summed E-state index contributed by atoms with van der Waals surface area (Å²) in [5, 5.41) is -5.30. The lowest BCUT2D eigenvalue weighted by molar-refractivity contribution is -0.281. The molecule has 1 heterocycles. The molecule has 1 N–H and O–H groups in total. The van der Waals surface area contributed by atoms with Crippen molar-refractivity contribution >= 4 is 22.1 Å². The van der Waals surface area contributed by atoms with Crippen LogP contribution in [0.25, 0.3) is 0 Å². The highest BCUT2D eigenvalue weighted by atomic mass is 32.2. The molecule has 1 saturated heterocycles. The number of hydrogen-bond acceptors (Lipinski definition) is 8. The fourth-order valence-corrected chi connectivity index (χ4v) is 2.97. The van der Waals surface area contributed by atoms with E-state index in [2.05, 4.69) is 9.47 Å². The van der Waals surface area contributed by atoms with E-state index in [9.17, 15) is 48.7 Å². The SMILES string of the molecule is O=C(OCC1COC2(CCCC2OC(=O)C(F)(F)S(=O)(=O)O)O1)C(F)(F)C(F)(F)F. The van der Waals surface area contributed by atoms with E-state index < -0.39 is 70.6 Å². The van der Waals surface area contributed by atoms with Crippen molar-refractivity contribution in [1.29, 1.82) is 0 Å². The Balaban J connectivity index is 2.00. The van der Waals surface area contributed by atoms with Crippen molar-refractivity contribution < 1.29 is 72.2 Å². The molecule has 0 aromatic rings. The zero-order chi connectivity index (χ0) is 23.2. The third kappa shape index (κ3) is 4.47. The zero-order valence-electron chi connectivity index (χ0n) is 14.5. The predicted molar refractivity (Wildman–Crippen MR) is 75.7 cm³/mol. The number of carbonyl (C=O) groups is 2. The molecule has 9 nitrogen and oxygen atoms in total. The maximum Gasteiger partial charge on any atom is 0.465 e. The highest BCUT2D eigenvalue weighted by Crippen LogP contribution is 2.43. The summed E-state index contributed by atoms with van der Waals surface area (Å²) in [5.74, 6) is -13.3. The number of halogens is 7. The van der Waals surface area contributed by atoms with Crippen LogP contribution in [0.4, 0.5) is 30.7 Å². The number of rotatable bonds is 6. The first kappa shape index (κ1) is 24.5. The lowest BCUT2D eigenvalue weighted by Crippen LogP contribution is -2.47. The summed E-state index contributed by atoms with van der Waals surface area (Å²) >= 11 is 0. The molecular weight excluding hydrogens is 465 g/mol. The topological polar surface area (TPSA) is 125 Å². The van der Waals surface area contributed by atoms with Crippen molar-refractivity contribution in [2.45, 2.75) is 54.6 Å². The van der Waals surface area contributed by atoms with Gasteiger partial charge < -0.3 is 18.9 Å². The highest BCUT2D eigenvalue weighted by Gasteiger charge is 2.65. The molecule has 30 heavy (non-hydrogen) atoms. The smallest absolute Gasteiger partial charge is 0.458 e. The Hall–Kier alpha value is -1.72. The molecule has 174 valence electrons. The van der Waals surface area contributed by atoms with Crippen LogP contribution in [0.15, 0.2) is 0 Å². The molecule has 1 aliphatic carbocycles. The number of hydrogen-bond donors (Lipinski definition) is 1. The van der Waals surface area contributed by atoms with Gasteiger partial charge in [0.15, 0.2) is 6.10 Å². The van der Waals surface area contributed by atoms with Crippen molar-refractivity contribution in [2.75, 3.05) is 13.2 Å². The fraction of sp³-hybridized carbons (Fsp3) is 0.846. The Kier molecular flexibility index (Phi) is 6.35. The molecule has 17 heteroatoms. The van der Waals surface area contributed by atoms with Gasteiger partial charge in [0.05, 0.1) is 6.61 Å². The Bertz CT molecular complexity index is 797. The first-order valence-electron chi connectivity index (χ1n) is 7.93. The van der Waals surface area contributed by atoms with Crippen LogP contribution in [-0.4, -0.2) is 73.5 Å². The first-order chi connectivity index (χ1) is 13.4. The van der Waals surface area contributed by atoms with E-state index in [0.29, 0.717) is 0 Å². The molecule has 3 atom stereocenters. The van der Waals surface area contributed by atoms with Crippen LogP contribution >= 0.6 is 0 Å². The van der Waals surface area contributed by atoms with Crippen molar-refractivity contribution in [3.63, 3.8) is 0 Å². The van der Waals surface area contributed by atoms with Crippen molar-refractivity contribution in [3.05, 3.63) is 0 Å². The second-order valence-corrected chi connectivity index (χ2v) is 7.77. The van der Waals surface area contributed by atoms with E-state index in [1.165, 1.54) is 0 Å². The van der Waals surface area contributed by atoms with E-state index >= 15 is 0 Å². The van der Waals surface area contributed by atoms with E-state index in [0.717, 1.165) is 0 Å². The molecule has 1 saturated carbocycles. The molecule has 2 rings (SSSR count). The van der Waals surface area contributed by atoms with Gasteiger partial charge >= 0.3 is 39.4 Å². The first-order valence-corrected chi connectivity index (χ1v) is 9.37. The van der Waals surface area contributed by atoms with Crippen LogP contribution in [0.2, 0.25) is 0 Å². The number of esters is 2. The van der Waals surface area contributed by atoms with E-state index in [1.54, 1.807) is 0 Å². The van der Waals surface area contributed by atoms with Gasteiger partial charge in [-0.2, -0.15) is 39.2 Å². The normalized spacial score (nSPS) is 28.0. The molecule has 0 aromatic heterocycles. The minimum Gasteiger partial charge on any atom is -0.458 e. The zero-order valence-corrected chi connectivity index (χ0v) is 15.3. The summed E-state index contributed by atoms with van der Waals surface area (Å²) < 4.78 is 137. The average Bonchev–Trinajstić information content (AvgIpc) is 3.18. The van der Waals surface area contributed by atoms with Crippen LogP contribution in [0.5, 0.6) is 0 Å². The van der Waals surface area contributed by atoms with E-state index in [1.807, 2.05) is 0 Å². The Labute approximate surface area is 163 Å². The standard InChI is InChI=1S/C13H13F7O9S/c14-11(15,13(18,19)20)8(21)26-4-6-5-27-10(29-6)3-1-2-7(10)28-9(22)12(16,17)30(23,24)25/h6-7H,1-5H2,(H,23,24,25). The van der Waals surface area contributed by atoms with E-state index in [4.69, 9.17) is 14.0 Å². The Morgan fingerprint density at radius 3 is 2.23 bits per heavy atom. The van der Waals surface area contributed by atoms with Gasteiger partial charge in [-0.15, -0.1) is 0 Å². The molecule has 0 amide bonds. The maximum atomic E-state index is 13.3. The maximum absolute atomic E-state index is 13.3. The quantitative estimate of drug-likeness (QED) is 0.343. The highest BCUT2D eigenvalue weighted by molar-refractivity contribution is 7.87. The lowest BCUT2D eigenvalue weighted by atomic mass is 10.2. The van der Waals surface area contributed by atoms with Crippen molar-refractivity contribution in [1.82, 2.24) is 0 Å². The van der Waals surface area contributed by atoms with Crippen molar-refractivity contribution in [3.8, 4) is 0 Å². The molecule has 0 bridgehead atoms. The summed E-state index contributed by atoms with van der Waals surface area (Å²) in [6, 6.07) is 0. The van der Waals surface area contributed by atoms with Crippen LogP contribution in [0.3, 0.4) is 0 Å². The minimum atomic E-state index is -6.19. The van der Waals surface area contributed by atoms with Gasteiger partial charge in [-0.25, -0.2) is 9.59 Å². The third-order valence-electron chi connectivity index (χ3n) is 4.19. The molecule has 2 fully saturated rings. The molecule has 3 unspecified atom stereocenters. The number of alkyl halides is 7. The summed E-state index contributed by atoms with van der Waals surface area (Å²) in [7, 11) is -6.14. The molecule has 1 spiro atoms. The van der Waals surface area contributed by atoms with Gasteiger partial charge in [0.1, 0.15) is 12.7 Å². The van der Waals surface area contributed by atoms with Gasteiger partial charge in [-0.3, -0.25) is 4.55 Å². The summed E-state index contributed by atoms with van der Waals surface area (Å²) in [5.41, 5.74) is 0. The fourth-order valence-electron chi connectivity index (χ4n) is 2.71. The second-order valence-electron chi connectivity index (χ2n) is 6.31. The summed E-state index contributed by atoms with van der Waals surface area (Å²) in [6.07, 6.45) is -9.40. The summed E-state index contributed by atoms with van der Waals surface area (Å²) in [6.45, 7) is -1.69. The van der Waals surface area contributed by atoms with Gasteiger partial charge in [0.2, 0.25) is 5.79 Å². The van der Waals surface area contributed by atoms with Gasteiger partial charge in [0.25, 0.3) is 0 Å². The second kappa shape index (κ2) is 7.76. The van der Waals surface area contributed by atoms with Gasteiger partial charge in [-0.1, -0.05) is 0 Å². The minimum absolute atomic E-state index is 0.119. The number of ether oxygens (including phenoxy) is 4. The summed E-state index contributed by atoms with van der Waals surface area (Å²) in [4.78, 5) is 22.4. The lowest BCUT2D eigenvalue weighted by Gasteiger charge is -2.30. The largest absolute Gasteiger partial charge is 0.465 e. The Morgan fingerprint density at radius 1 is 1.10 bits per heavy atom. The Morgan fingerprint density at radius 2 is 1.70 bits per heavy atom. The average molecular weight is 478 g/mol. The molecule has 0 radical (unpaired) electrons. The monoisotopic (exact) mass is 478 g/mol.